The van der Waals surface area contributed by atoms with E-state index in [-0.39, 0.29) is 6.04 Å². The Kier molecular flexibility index (Phi) is 5.79. The van der Waals surface area contributed by atoms with Gasteiger partial charge in [0.15, 0.2) is 5.22 Å². The highest BCUT2D eigenvalue weighted by atomic mass is 35.5. The van der Waals surface area contributed by atoms with E-state index in [9.17, 15) is 0 Å². The molecule has 1 unspecified atom stereocenters. The van der Waals surface area contributed by atoms with Gasteiger partial charge in [-0.1, -0.05) is 36.2 Å². The van der Waals surface area contributed by atoms with Crippen molar-refractivity contribution >= 4 is 34.8 Å². The van der Waals surface area contributed by atoms with E-state index in [1.807, 2.05) is 24.3 Å². The van der Waals surface area contributed by atoms with Gasteiger partial charge in [0.2, 0.25) is 0 Å². The van der Waals surface area contributed by atoms with E-state index in [0.29, 0.717) is 15.3 Å². The lowest BCUT2D eigenvalue weighted by atomic mass is 10.0. The number of hydrogen-bond acceptors (Lipinski definition) is 2. The first kappa shape index (κ1) is 15.7. The fraction of sp³-hybridized carbons (Fsp3) is 0.333. The second-order valence-electron chi connectivity index (χ2n) is 4.61. The van der Waals surface area contributed by atoms with Crippen molar-refractivity contribution < 1.29 is 4.42 Å². The molecule has 0 saturated heterocycles. The smallest absolute Gasteiger partial charge is 0.197 e. The first-order valence-corrected chi connectivity index (χ1v) is 7.65. The summed E-state index contributed by atoms with van der Waals surface area (Å²) in [7, 11) is 0. The van der Waals surface area contributed by atoms with E-state index in [1.165, 1.54) is 0 Å². The van der Waals surface area contributed by atoms with E-state index >= 15 is 0 Å². The lowest BCUT2D eigenvalue weighted by Crippen LogP contribution is -2.24. The minimum Gasteiger partial charge on any atom is -0.453 e. The van der Waals surface area contributed by atoms with E-state index in [4.69, 9.17) is 39.2 Å². The largest absolute Gasteiger partial charge is 0.453 e. The third-order valence-electron chi connectivity index (χ3n) is 3.09. The van der Waals surface area contributed by atoms with Crippen molar-refractivity contribution in [3.05, 3.63) is 56.9 Å². The highest BCUT2D eigenvalue weighted by Crippen LogP contribution is 2.29. The van der Waals surface area contributed by atoms with Crippen molar-refractivity contribution in [1.29, 1.82) is 0 Å². The van der Waals surface area contributed by atoms with Crippen molar-refractivity contribution in [1.82, 2.24) is 5.32 Å². The van der Waals surface area contributed by atoms with Crippen LogP contribution in [0.5, 0.6) is 0 Å². The van der Waals surface area contributed by atoms with Crippen LogP contribution in [0.25, 0.3) is 0 Å². The Balaban J connectivity index is 2.19. The molecule has 0 saturated carbocycles. The van der Waals surface area contributed by atoms with Crippen molar-refractivity contribution in [2.75, 3.05) is 6.54 Å². The number of furan rings is 1. The second-order valence-corrected chi connectivity index (χ2v) is 5.77. The molecule has 1 atom stereocenters. The highest BCUT2D eigenvalue weighted by molar-refractivity contribution is 6.42. The summed E-state index contributed by atoms with van der Waals surface area (Å²) in [6.07, 6.45) is 3.43. The summed E-state index contributed by atoms with van der Waals surface area (Å²) < 4.78 is 5.18. The van der Waals surface area contributed by atoms with E-state index < -0.39 is 0 Å². The van der Waals surface area contributed by atoms with Crippen molar-refractivity contribution in [2.45, 2.75) is 25.8 Å². The molecule has 0 bridgehead atoms. The molecule has 5 heteroatoms. The molecular formula is C15H16Cl3NO. The molecule has 0 amide bonds. The van der Waals surface area contributed by atoms with Crippen LogP contribution in [0, 0.1) is 0 Å². The van der Waals surface area contributed by atoms with E-state index in [2.05, 4.69) is 12.2 Å². The summed E-state index contributed by atoms with van der Waals surface area (Å²) >= 11 is 18.1. The number of rotatable bonds is 6. The van der Waals surface area contributed by atoms with Crippen LogP contribution in [0.4, 0.5) is 0 Å². The Morgan fingerprint density at radius 1 is 1.15 bits per heavy atom. The van der Waals surface area contributed by atoms with Gasteiger partial charge in [-0.25, -0.2) is 0 Å². The highest BCUT2D eigenvalue weighted by Gasteiger charge is 2.17. The van der Waals surface area contributed by atoms with Gasteiger partial charge in [0.05, 0.1) is 16.3 Å². The minimum atomic E-state index is 0.0958. The van der Waals surface area contributed by atoms with Crippen LogP contribution in [-0.4, -0.2) is 6.54 Å². The second kappa shape index (κ2) is 7.37. The minimum absolute atomic E-state index is 0.0958. The summed E-state index contributed by atoms with van der Waals surface area (Å²) in [4.78, 5) is 0. The molecule has 1 aromatic carbocycles. The Labute approximate surface area is 134 Å². The molecule has 0 fully saturated rings. The predicted molar refractivity (Wildman–Crippen MR) is 84.9 cm³/mol. The standard InChI is InChI=1S/C15H16Cl3NO/c1-2-6-19-14(11-5-7-20-15(11)18)9-10-3-4-12(16)13(17)8-10/h3-5,7-8,14,19H,2,6,9H2,1H3. The van der Waals surface area contributed by atoms with Gasteiger partial charge in [0.1, 0.15) is 0 Å². The van der Waals surface area contributed by atoms with Crippen LogP contribution in [0.15, 0.2) is 34.9 Å². The maximum Gasteiger partial charge on any atom is 0.197 e. The Morgan fingerprint density at radius 3 is 2.55 bits per heavy atom. The Hall–Kier alpha value is -0.670. The molecule has 0 radical (unpaired) electrons. The zero-order chi connectivity index (χ0) is 14.5. The van der Waals surface area contributed by atoms with Crippen LogP contribution in [0.1, 0.15) is 30.5 Å². The lowest BCUT2D eigenvalue weighted by molar-refractivity contribution is 0.513. The molecule has 1 aromatic heterocycles. The number of benzene rings is 1. The van der Waals surface area contributed by atoms with Gasteiger partial charge < -0.3 is 9.73 Å². The van der Waals surface area contributed by atoms with Crippen LogP contribution < -0.4 is 5.32 Å². The SMILES string of the molecule is CCCNC(Cc1ccc(Cl)c(Cl)c1)c1ccoc1Cl. The molecule has 0 aliphatic carbocycles. The van der Waals surface area contributed by atoms with Crippen LogP contribution >= 0.6 is 34.8 Å². The van der Waals surface area contributed by atoms with E-state index in [0.717, 1.165) is 30.5 Å². The Morgan fingerprint density at radius 2 is 1.95 bits per heavy atom. The van der Waals surface area contributed by atoms with Crippen LogP contribution in [0.3, 0.4) is 0 Å². The molecule has 0 aliphatic rings. The van der Waals surface area contributed by atoms with Crippen molar-refractivity contribution in [3.8, 4) is 0 Å². The summed E-state index contributed by atoms with van der Waals surface area (Å²) in [5, 5.41) is 5.04. The predicted octanol–water partition coefficient (Wildman–Crippen LogP) is 5.52. The zero-order valence-corrected chi connectivity index (χ0v) is 13.4. The molecule has 1 heterocycles. The maximum absolute atomic E-state index is 6.08. The monoisotopic (exact) mass is 331 g/mol. The average Bonchev–Trinajstić information content (AvgIpc) is 2.85. The summed E-state index contributed by atoms with van der Waals surface area (Å²) in [6.45, 7) is 3.04. The van der Waals surface area contributed by atoms with Crippen molar-refractivity contribution in [3.63, 3.8) is 0 Å². The third kappa shape index (κ3) is 3.92. The lowest BCUT2D eigenvalue weighted by Gasteiger charge is -2.18. The number of hydrogen-bond donors (Lipinski definition) is 1. The number of halogens is 3. The molecule has 2 aromatic rings. The molecule has 0 aliphatic heterocycles. The molecule has 108 valence electrons. The van der Waals surface area contributed by atoms with Crippen molar-refractivity contribution in [2.24, 2.45) is 0 Å². The molecule has 2 rings (SSSR count). The van der Waals surface area contributed by atoms with Gasteiger partial charge in [0.25, 0.3) is 0 Å². The third-order valence-corrected chi connectivity index (χ3v) is 4.13. The molecule has 2 nitrogen and oxygen atoms in total. The van der Waals surface area contributed by atoms with Gasteiger partial charge in [0, 0.05) is 11.6 Å². The number of nitrogens with one attached hydrogen (secondary N) is 1. The van der Waals surface area contributed by atoms with Gasteiger partial charge in [-0.3, -0.25) is 0 Å². The van der Waals surface area contributed by atoms with Gasteiger partial charge in [-0.05, 0) is 54.7 Å². The van der Waals surface area contributed by atoms with Gasteiger partial charge in [-0.15, -0.1) is 0 Å². The topological polar surface area (TPSA) is 25.2 Å². The van der Waals surface area contributed by atoms with E-state index in [1.54, 1.807) is 6.26 Å². The first-order chi connectivity index (χ1) is 9.61. The molecule has 1 N–H and O–H groups in total. The zero-order valence-electron chi connectivity index (χ0n) is 11.1. The summed E-state index contributed by atoms with van der Waals surface area (Å²) in [5.74, 6) is 0. The maximum atomic E-state index is 6.08. The normalized spacial score (nSPS) is 12.6. The summed E-state index contributed by atoms with van der Waals surface area (Å²) in [5.41, 5.74) is 2.07. The average molecular weight is 333 g/mol. The Bertz CT molecular complexity index is 568. The van der Waals surface area contributed by atoms with Crippen LogP contribution in [0.2, 0.25) is 15.3 Å². The molecule has 0 spiro atoms. The van der Waals surface area contributed by atoms with Gasteiger partial charge in [-0.2, -0.15) is 0 Å². The molecule has 20 heavy (non-hydrogen) atoms. The molecular weight excluding hydrogens is 317 g/mol. The van der Waals surface area contributed by atoms with Crippen LogP contribution in [-0.2, 0) is 6.42 Å². The first-order valence-electron chi connectivity index (χ1n) is 6.52. The fourth-order valence-electron chi connectivity index (χ4n) is 2.07. The quantitative estimate of drug-likeness (QED) is 0.753. The fourth-order valence-corrected chi connectivity index (χ4v) is 2.63. The van der Waals surface area contributed by atoms with Gasteiger partial charge >= 0.3 is 0 Å². The summed E-state index contributed by atoms with van der Waals surface area (Å²) in [6, 6.07) is 7.67.